The zero-order valence-electron chi connectivity index (χ0n) is 19.1. The fraction of sp³-hybridized carbons (Fsp3) is 0.296. The molecule has 172 valence electrons. The van der Waals surface area contributed by atoms with Crippen molar-refractivity contribution in [3.8, 4) is 0 Å². The Morgan fingerprint density at radius 1 is 0.909 bits per heavy atom. The van der Waals surface area contributed by atoms with Gasteiger partial charge in [-0.2, -0.15) is 0 Å². The normalized spacial score (nSPS) is 11.6. The predicted molar refractivity (Wildman–Crippen MR) is 127 cm³/mol. The molecule has 0 saturated heterocycles. The van der Waals surface area contributed by atoms with Gasteiger partial charge in [-0.05, 0) is 54.7 Å². The summed E-state index contributed by atoms with van der Waals surface area (Å²) < 4.78 is 10.9. The molecule has 1 aromatic heterocycles. The molecule has 33 heavy (non-hydrogen) atoms. The summed E-state index contributed by atoms with van der Waals surface area (Å²) in [5, 5.41) is 0. The number of hydrogen-bond acceptors (Lipinski definition) is 5. The highest BCUT2D eigenvalue weighted by molar-refractivity contribution is 5.96. The lowest BCUT2D eigenvalue weighted by molar-refractivity contribution is -0.150. The van der Waals surface area contributed by atoms with Gasteiger partial charge in [0, 0.05) is 25.0 Å². The van der Waals surface area contributed by atoms with Gasteiger partial charge in [0.15, 0.2) is 6.04 Å². The number of benzene rings is 2. The maximum Gasteiger partial charge on any atom is 0.331 e. The van der Waals surface area contributed by atoms with Crippen LogP contribution in [0, 0.1) is 0 Å². The molecule has 0 aliphatic rings. The molecule has 0 N–H and O–H groups in total. The van der Waals surface area contributed by atoms with Crippen LogP contribution in [0.2, 0.25) is 0 Å². The molecule has 0 spiro atoms. The lowest BCUT2D eigenvalue weighted by atomic mass is 10.0. The van der Waals surface area contributed by atoms with E-state index in [1.807, 2.05) is 54.7 Å². The van der Waals surface area contributed by atoms with Crippen LogP contribution in [0.1, 0.15) is 34.0 Å². The molecule has 0 radical (unpaired) electrons. The highest BCUT2D eigenvalue weighted by Crippen LogP contribution is 2.13. The van der Waals surface area contributed by atoms with E-state index in [1.54, 1.807) is 32.3 Å². The third-order valence-electron chi connectivity index (χ3n) is 5.36. The van der Waals surface area contributed by atoms with Gasteiger partial charge in [-0.3, -0.25) is 9.78 Å². The average molecular weight is 447 g/mol. The van der Waals surface area contributed by atoms with Gasteiger partial charge in [0.25, 0.3) is 5.91 Å². The van der Waals surface area contributed by atoms with Crippen molar-refractivity contribution in [1.29, 1.82) is 0 Å². The second-order valence-electron chi connectivity index (χ2n) is 7.74. The van der Waals surface area contributed by atoms with Crippen molar-refractivity contribution in [2.24, 2.45) is 0 Å². The Bertz CT molecular complexity index is 1010. The third-order valence-corrected chi connectivity index (χ3v) is 5.36. The van der Waals surface area contributed by atoms with Crippen LogP contribution in [-0.4, -0.2) is 48.1 Å². The summed E-state index contributed by atoms with van der Waals surface area (Å²) >= 11 is 0. The summed E-state index contributed by atoms with van der Waals surface area (Å²) in [6.45, 7) is 2.39. The molecule has 0 unspecified atom stereocenters. The molecular formula is C27H30N2O4. The first-order valence-electron chi connectivity index (χ1n) is 11.1. The fourth-order valence-electron chi connectivity index (χ4n) is 3.43. The van der Waals surface area contributed by atoms with Crippen molar-refractivity contribution in [2.75, 3.05) is 20.3 Å². The van der Waals surface area contributed by atoms with E-state index >= 15 is 0 Å². The van der Waals surface area contributed by atoms with Gasteiger partial charge in [-0.25, -0.2) is 4.79 Å². The maximum absolute atomic E-state index is 13.1. The van der Waals surface area contributed by atoms with E-state index in [2.05, 4.69) is 11.1 Å². The van der Waals surface area contributed by atoms with Crippen LogP contribution in [0.4, 0.5) is 0 Å². The smallest absolute Gasteiger partial charge is 0.331 e. The van der Waals surface area contributed by atoms with Crippen LogP contribution in [0.5, 0.6) is 0 Å². The van der Waals surface area contributed by atoms with E-state index in [0.29, 0.717) is 12.2 Å². The van der Waals surface area contributed by atoms with Crippen molar-refractivity contribution in [3.05, 3.63) is 101 Å². The summed E-state index contributed by atoms with van der Waals surface area (Å²) in [5.74, 6) is -0.732. The highest BCUT2D eigenvalue weighted by Gasteiger charge is 2.29. The van der Waals surface area contributed by atoms with Gasteiger partial charge in [-0.1, -0.05) is 48.5 Å². The number of carbonyl (C=O) groups is 2. The second kappa shape index (κ2) is 12.5. The number of amides is 1. The standard InChI is InChI=1S/C27H30N2O4/c1-3-33-27(31)25(20-32-19-23-8-5-4-6-9-23)29(2)26(30)24-15-13-21(14-16-24)11-12-22-10-7-17-28-18-22/h4-10,13-18,25H,3,11-12,19-20H2,1-2H3/t25-/m0/s1. The molecular weight excluding hydrogens is 416 g/mol. The van der Waals surface area contributed by atoms with Gasteiger partial charge in [0.05, 0.1) is 19.8 Å². The number of aryl methyl sites for hydroxylation is 2. The number of likely N-dealkylation sites (N-methyl/N-ethyl adjacent to an activating group) is 1. The van der Waals surface area contributed by atoms with E-state index in [9.17, 15) is 9.59 Å². The maximum atomic E-state index is 13.1. The number of nitrogens with zero attached hydrogens (tertiary/aromatic N) is 2. The van der Waals surface area contributed by atoms with Gasteiger partial charge >= 0.3 is 5.97 Å². The lowest BCUT2D eigenvalue weighted by Crippen LogP contribution is -2.46. The first-order valence-corrected chi connectivity index (χ1v) is 11.1. The lowest BCUT2D eigenvalue weighted by Gasteiger charge is -2.26. The highest BCUT2D eigenvalue weighted by atomic mass is 16.5. The first-order chi connectivity index (χ1) is 16.1. The summed E-state index contributed by atoms with van der Waals surface area (Å²) in [4.78, 5) is 31.1. The van der Waals surface area contributed by atoms with Gasteiger partial charge in [0.2, 0.25) is 0 Å². The minimum atomic E-state index is -0.827. The summed E-state index contributed by atoms with van der Waals surface area (Å²) in [5.41, 5.74) is 3.81. The van der Waals surface area contributed by atoms with Crippen LogP contribution >= 0.6 is 0 Å². The van der Waals surface area contributed by atoms with Crippen molar-refractivity contribution in [1.82, 2.24) is 9.88 Å². The summed E-state index contributed by atoms with van der Waals surface area (Å²) in [6.07, 6.45) is 5.36. The molecule has 0 fully saturated rings. The Morgan fingerprint density at radius 3 is 2.27 bits per heavy atom. The van der Waals surface area contributed by atoms with E-state index in [-0.39, 0.29) is 19.1 Å². The number of pyridine rings is 1. The molecule has 3 rings (SSSR count). The fourth-order valence-corrected chi connectivity index (χ4v) is 3.43. The Morgan fingerprint density at radius 2 is 1.61 bits per heavy atom. The van der Waals surface area contributed by atoms with Gasteiger partial charge in [0.1, 0.15) is 0 Å². The van der Waals surface area contributed by atoms with E-state index in [4.69, 9.17) is 9.47 Å². The number of hydrogen-bond donors (Lipinski definition) is 0. The SMILES string of the molecule is CCOC(=O)[C@H](COCc1ccccc1)N(C)C(=O)c1ccc(CCc2cccnc2)cc1. The molecule has 1 amide bonds. The van der Waals surface area contributed by atoms with Crippen molar-refractivity contribution in [2.45, 2.75) is 32.4 Å². The van der Waals surface area contributed by atoms with Crippen LogP contribution in [-0.2, 0) is 33.7 Å². The molecule has 0 aliphatic heterocycles. The third kappa shape index (κ3) is 7.26. The Labute approximate surface area is 195 Å². The molecule has 1 atom stereocenters. The average Bonchev–Trinajstić information content (AvgIpc) is 2.86. The summed E-state index contributed by atoms with van der Waals surface area (Å²) in [6, 6.07) is 20.3. The predicted octanol–water partition coefficient (Wildman–Crippen LogP) is 4.09. The van der Waals surface area contributed by atoms with Crippen LogP contribution in [0.25, 0.3) is 0 Å². The molecule has 0 aliphatic carbocycles. The largest absolute Gasteiger partial charge is 0.464 e. The minimum Gasteiger partial charge on any atom is -0.464 e. The first kappa shape index (κ1) is 24.1. The van der Waals surface area contributed by atoms with Gasteiger partial charge in [-0.15, -0.1) is 0 Å². The zero-order chi connectivity index (χ0) is 23.5. The van der Waals surface area contributed by atoms with Crippen molar-refractivity contribution in [3.63, 3.8) is 0 Å². The molecule has 3 aromatic rings. The Hall–Kier alpha value is -3.51. The number of rotatable bonds is 11. The molecule has 0 bridgehead atoms. The minimum absolute atomic E-state index is 0.0547. The van der Waals surface area contributed by atoms with Crippen molar-refractivity contribution >= 4 is 11.9 Å². The van der Waals surface area contributed by atoms with Crippen LogP contribution in [0.3, 0.4) is 0 Å². The summed E-state index contributed by atoms with van der Waals surface area (Å²) in [7, 11) is 1.60. The Kier molecular flexibility index (Phi) is 9.15. The number of carbonyl (C=O) groups excluding carboxylic acids is 2. The van der Waals surface area contributed by atoms with Crippen molar-refractivity contribution < 1.29 is 19.1 Å². The Balaban J connectivity index is 1.61. The van der Waals surface area contributed by atoms with E-state index < -0.39 is 12.0 Å². The second-order valence-corrected chi connectivity index (χ2v) is 7.74. The molecule has 1 heterocycles. The molecule has 6 nitrogen and oxygen atoms in total. The number of esters is 1. The van der Waals surface area contributed by atoms with Crippen LogP contribution < -0.4 is 0 Å². The van der Waals surface area contributed by atoms with Gasteiger partial charge < -0.3 is 14.4 Å². The van der Waals surface area contributed by atoms with E-state index in [1.165, 1.54) is 10.5 Å². The molecule has 0 saturated carbocycles. The monoisotopic (exact) mass is 446 g/mol. The quantitative estimate of drug-likeness (QED) is 0.415. The number of ether oxygens (including phenoxy) is 2. The van der Waals surface area contributed by atoms with Crippen LogP contribution in [0.15, 0.2) is 79.1 Å². The zero-order valence-corrected chi connectivity index (χ0v) is 19.1. The topological polar surface area (TPSA) is 68.7 Å². The molecule has 2 aromatic carbocycles. The molecule has 6 heteroatoms. The number of aromatic nitrogens is 1. The van der Waals surface area contributed by atoms with E-state index in [0.717, 1.165) is 24.0 Å².